The van der Waals surface area contributed by atoms with Gasteiger partial charge in [-0.2, -0.15) is 0 Å². The van der Waals surface area contributed by atoms with E-state index in [-0.39, 0.29) is 0 Å². The van der Waals surface area contributed by atoms with Gasteiger partial charge in [-0.3, -0.25) is 9.36 Å². The van der Waals surface area contributed by atoms with Gasteiger partial charge in [0.05, 0.1) is 5.60 Å². The van der Waals surface area contributed by atoms with Crippen LogP contribution in [0.25, 0.3) is 0 Å². The van der Waals surface area contributed by atoms with E-state index in [0.717, 1.165) is 0 Å². The van der Waals surface area contributed by atoms with Gasteiger partial charge in [-0.25, -0.2) is 0 Å². The van der Waals surface area contributed by atoms with Crippen molar-refractivity contribution in [1.29, 1.82) is 0 Å². The van der Waals surface area contributed by atoms with Crippen LogP contribution in [0.1, 0.15) is 20.8 Å². The van der Waals surface area contributed by atoms with Crippen LogP contribution < -0.4 is 5.73 Å². The van der Waals surface area contributed by atoms with Crippen molar-refractivity contribution in [2.45, 2.75) is 32.2 Å². The van der Waals surface area contributed by atoms with E-state index in [4.69, 9.17) is 20.3 Å². The molecule has 0 aliphatic rings. The SMILES string of the molecule is CC(C)(C)OC(C(N)=O)P(=O)(O)O. The van der Waals surface area contributed by atoms with E-state index in [9.17, 15) is 9.36 Å². The smallest absolute Gasteiger partial charge is 0.363 e. The molecule has 0 heterocycles. The molecule has 0 bridgehead atoms. The van der Waals surface area contributed by atoms with Crippen LogP contribution in [0.4, 0.5) is 0 Å². The summed E-state index contributed by atoms with van der Waals surface area (Å²) in [5.74, 6) is -3.03. The standard InChI is InChI=1S/C6H14NO5P/c1-6(2,3)12-5(4(7)8)13(9,10)11/h5H,1-3H3,(H2,7,8)(H2,9,10,11). The summed E-state index contributed by atoms with van der Waals surface area (Å²) in [6.45, 7) is 4.70. The molecular weight excluding hydrogens is 197 g/mol. The van der Waals surface area contributed by atoms with E-state index in [1.54, 1.807) is 20.8 Å². The minimum Gasteiger partial charge on any atom is -0.367 e. The van der Waals surface area contributed by atoms with Crippen LogP contribution in [-0.4, -0.2) is 27.1 Å². The third-order valence-electron chi connectivity index (χ3n) is 1.01. The quantitative estimate of drug-likeness (QED) is 0.559. The lowest BCUT2D eigenvalue weighted by Gasteiger charge is -2.25. The summed E-state index contributed by atoms with van der Waals surface area (Å²) >= 11 is 0. The molecule has 4 N–H and O–H groups in total. The van der Waals surface area contributed by atoms with Crippen LogP contribution >= 0.6 is 7.60 Å². The van der Waals surface area contributed by atoms with Crippen molar-refractivity contribution < 1.29 is 23.9 Å². The summed E-state index contributed by atoms with van der Waals surface area (Å²) < 4.78 is 15.5. The van der Waals surface area contributed by atoms with Gasteiger partial charge in [0.15, 0.2) is 0 Å². The summed E-state index contributed by atoms with van der Waals surface area (Å²) in [6, 6.07) is 0. The Morgan fingerprint density at radius 2 is 1.85 bits per heavy atom. The van der Waals surface area contributed by atoms with E-state index in [0.29, 0.717) is 0 Å². The molecule has 0 fully saturated rings. The van der Waals surface area contributed by atoms with Gasteiger partial charge in [0.25, 0.3) is 5.91 Å². The highest BCUT2D eigenvalue weighted by molar-refractivity contribution is 7.53. The molecular formula is C6H14NO5P. The Kier molecular flexibility index (Phi) is 3.63. The third-order valence-corrected chi connectivity index (χ3v) is 1.98. The van der Waals surface area contributed by atoms with Gasteiger partial charge in [0, 0.05) is 0 Å². The van der Waals surface area contributed by atoms with Gasteiger partial charge >= 0.3 is 7.60 Å². The van der Waals surface area contributed by atoms with Gasteiger partial charge in [-0.15, -0.1) is 0 Å². The average Bonchev–Trinajstić information content (AvgIpc) is 1.77. The fourth-order valence-electron chi connectivity index (χ4n) is 0.627. The lowest BCUT2D eigenvalue weighted by atomic mass is 10.2. The second kappa shape index (κ2) is 3.75. The molecule has 1 amide bonds. The number of hydrogen-bond donors (Lipinski definition) is 3. The minimum absolute atomic E-state index is 0.833. The van der Waals surface area contributed by atoms with Crippen molar-refractivity contribution >= 4 is 13.5 Å². The van der Waals surface area contributed by atoms with Gasteiger partial charge in [-0.1, -0.05) is 0 Å². The fraction of sp³-hybridized carbons (Fsp3) is 0.833. The topological polar surface area (TPSA) is 110 Å². The van der Waals surface area contributed by atoms with Crippen LogP contribution in [-0.2, 0) is 14.1 Å². The number of hydrogen-bond acceptors (Lipinski definition) is 3. The van der Waals surface area contributed by atoms with E-state index in [1.807, 2.05) is 0 Å². The van der Waals surface area contributed by atoms with E-state index < -0.39 is 24.9 Å². The maximum Gasteiger partial charge on any atom is 0.363 e. The molecule has 0 aromatic carbocycles. The summed E-state index contributed by atoms with van der Waals surface area (Å²) in [6.07, 6.45) is 0. The number of primary amides is 1. The Hall–Kier alpha value is -0.420. The Labute approximate surface area is 76.2 Å². The highest BCUT2D eigenvalue weighted by Crippen LogP contribution is 2.43. The normalized spacial score (nSPS) is 15.5. The minimum atomic E-state index is -4.63. The number of amides is 1. The zero-order valence-corrected chi connectivity index (χ0v) is 8.62. The lowest BCUT2D eigenvalue weighted by molar-refractivity contribution is -0.132. The first-order chi connectivity index (χ1) is 5.54. The molecule has 7 heteroatoms. The lowest BCUT2D eigenvalue weighted by Crippen LogP contribution is -2.37. The van der Waals surface area contributed by atoms with Gasteiger partial charge < -0.3 is 20.3 Å². The molecule has 0 spiro atoms. The second-order valence-corrected chi connectivity index (χ2v) is 5.22. The van der Waals surface area contributed by atoms with Crippen LogP contribution in [0.5, 0.6) is 0 Å². The zero-order chi connectivity index (χ0) is 10.9. The van der Waals surface area contributed by atoms with Crippen molar-refractivity contribution in [1.82, 2.24) is 0 Å². The maximum absolute atomic E-state index is 10.7. The first-order valence-corrected chi connectivity index (χ1v) is 5.24. The molecule has 78 valence electrons. The molecule has 1 unspecified atom stereocenters. The molecule has 0 aromatic heterocycles. The molecule has 0 radical (unpaired) electrons. The first kappa shape index (κ1) is 12.6. The molecule has 0 aromatic rings. The number of nitrogens with two attached hydrogens (primary N) is 1. The highest BCUT2D eigenvalue weighted by atomic mass is 31.2. The van der Waals surface area contributed by atoms with Gasteiger partial charge in [0.2, 0.25) is 5.85 Å². The molecule has 0 saturated heterocycles. The van der Waals surface area contributed by atoms with Crippen molar-refractivity contribution in [3.63, 3.8) is 0 Å². The average molecular weight is 211 g/mol. The summed E-state index contributed by atoms with van der Waals surface area (Å²) in [4.78, 5) is 28.0. The Bertz CT molecular complexity index is 240. The van der Waals surface area contributed by atoms with E-state index in [1.165, 1.54) is 0 Å². The Morgan fingerprint density at radius 3 is 1.92 bits per heavy atom. The van der Waals surface area contributed by atoms with Crippen molar-refractivity contribution in [2.24, 2.45) is 5.73 Å². The molecule has 1 atom stereocenters. The first-order valence-electron chi connectivity index (χ1n) is 3.56. The highest BCUT2D eigenvalue weighted by Gasteiger charge is 2.38. The second-order valence-electron chi connectivity index (χ2n) is 3.57. The molecule has 6 nitrogen and oxygen atoms in total. The maximum atomic E-state index is 10.7. The molecule has 0 rings (SSSR count). The van der Waals surface area contributed by atoms with Gasteiger partial charge in [-0.05, 0) is 20.8 Å². The van der Waals surface area contributed by atoms with Crippen molar-refractivity contribution in [3.8, 4) is 0 Å². The number of carbonyl (C=O) groups excluding carboxylic acids is 1. The molecule has 13 heavy (non-hydrogen) atoms. The van der Waals surface area contributed by atoms with Crippen LogP contribution in [0.3, 0.4) is 0 Å². The fourth-order valence-corrected chi connectivity index (χ4v) is 1.41. The molecule has 0 aliphatic heterocycles. The summed E-state index contributed by atoms with van der Waals surface area (Å²) in [5, 5.41) is 0. The Morgan fingerprint density at radius 1 is 1.46 bits per heavy atom. The predicted molar refractivity (Wildman–Crippen MR) is 45.9 cm³/mol. The summed E-state index contributed by atoms with van der Waals surface area (Å²) in [7, 11) is -4.63. The van der Waals surface area contributed by atoms with E-state index in [2.05, 4.69) is 0 Å². The molecule has 0 saturated carbocycles. The third kappa shape index (κ3) is 5.00. The van der Waals surface area contributed by atoms with Crippen molar-refractivity contribution in [3.05, 3.63) is 0 Å². The molecule has 0 aliphatic carbocycles. The number of rotatable bonds is 3. The number of carbonyl (C=O) groups is 1. The number of ether oxygens (including phenoxy) is 1. The van der Waals surface area contributed by atoms with Crippen LogP contribution in [0.2, 0.25) is 0 Å². The van der Waals surface area contributed by atoms with Gasteiger partial charge in [0.1, 0.15) is 0 Å². The Balaban J connectivity index is 4.67. The van der Waals surface area contributed by atoms with Crippen LogP contribution in [0, 0.1) is 0 Å². The zero-order valence-electron chi connectivity index (χ0n) is 7.72. The van der Waals surface area contributed by atoms with Crippen LogP contribution in [0.15, 0.2) is 0 Å². The van der Waals surface area contributed by atoms with E-state index >= 15 is 0 Å². The van der Waals surface area contributed by atoms with Crippen molar-refractivity contribution in [2.75, 3.05) is 0 Å². The largest absolute Gasteiger partial charge is 0.367 e. The predicted octanol–water partition coefficient (Wildman–Crippen LogP) is -0.209. The summed E-state index contributed by atoms with van der Waals surface area (Å²) in [5.41, 5.74) is 3.94. The monoisotopic (exact) mass is 211 g/mol.